The van der Waals surface area contributed by atoms with Crippen molar-refractivity contribution in [3.8, 4) is 0 Å². The van der Waals surface area contributed by atoms with E-state index in [1.54, 1.807) is 20.9 Å². The van der Waals surface area contributed by atoms with Gasteiger partial charge in [0.05, 0.1) is 15.9 Å². The van der Waals surface area contributed by atoms with Crippen molar-refractivity contribution in [2.45, 2.75) is 34.2 Å². The highest BCUT2D eigenvalue weighted by atomic mass is 79.9. The maximum absolute atomic E-state index is 13.5. The van der Waals surface area contributed by atoms with Crippen molar-refractivity contribution < 1.29 is 4.79 Å². The lowest BCUT2D eigenvalue weighted by molar-refractivity contribution is 0.0973. The van der Waals surface area contributed by atoms with E-state index in [4.69, 9.17) is 4.98 Å². The van der Waals surface area contributed by atoms with Crippen molar-refractivity contribution in [3.63, 3.8) is 0 Å². The molecule has 6 nitrogen and oxygen atoms in total. The summed E-state index contributed by atoms with van der Waals surface area (Å²) in [7, 11) is 0. The van der Waals surface area contributed by atoms with Gasteiger partial charge in [-0.15, -0.1) is 0 Å². The first kappa shape index (κ1) is 21.0. The normalized spacial score (nSPS) is 11.5. The molecule has 0 saturated carbocycles. The number of fused-ring (bicyclic) bond motifs is 1. The average Bonchev–Trinajstić information content (AvgIpc) is 3.27. The van der Waals surface area contributed by atoms with Crippen LogP contribution in [-0.2, 0) is 6.54 Å². The van der Waals surface area contributed by atoms with Crippen LogP contribution in [0.3, 0.4) is 0 Å². The van der Waals surface area contributed by atoms with E-state index in [0.717, 1.165) is 45.1 Å². The van der Waals surface area contributed by atoms with E-state index in [2.05, 4.69) is 39.8 Å². The Morgan fingerprint density at radius 1 is 1.18 bits per heavy atom. The summed E-state index contributed by atoms with van der Waals surface area (Å²) in [5.41, 5.74) is 2.37. The predicted molar refractivity (Wildman–Crippen MR) is 119 cm³/mol. The molecule has 28 heavy (non-hydrogen) atoms. The molecule has 2 heterocycles. The number of amides is 1. The van der Waals surface area contributed by atoms with E-state index in [1.165, 1.54) is 0 Å². The highest BCUT2D eigenvalue weighted by Crippen LogP contribution is 2.31. The fraction of sp³-hybridized carbons (Fsp3) is 0.450. The molecule has 0 aliphatic heterocycles. The zero-order chi connectivity index (χ0) is 20.3. The molecule has 0 fully saturated rings. The maximum Gasteiger partial charge on any atom is 0.278 e. The molecule has 3 aromatic rings. The molecule has 1 amide bonds. The minimum atomic E-state index is -0.0484. The Balaban J connectivity index is 1.98. The molecular formula is C20H26BrN5OS. The zero-order valence-electron chi connectivity index (χ0n) is 16.8. The number of rotatable bonds is 8. The molecule has 0 aliphatic rings. The Kier molecular flexibility index (Phi) is 6.85. The second-order valence-electron chi connectivity index (χ2n) is 6.58. The standard InChI is InChI=1S/C20H26BrN5OS/c1-5-24(6-2)10-11-25(19(27)17-12-14(4)23-26(17)7-3)20-22-16-9-8-15(21)13-18(16)28-20/h8-9,12-13H,5-7,10-11H2,1-4H3. The van der Waals surface area contributed by atoms with Gasteiger partial charge in [0, 0.05) is 24.1 Å². The summed E-state index contributed by atoms with van der Waals surface area (Å²) in [6, 6.07) is 7.86. The van der Waals surface area contributed by atoms with E-state index < -0.39 is 0 Å². The molecule has 0 bridgehead atoms. The molecule has 0 N–H and O–H groups in total. The lowest BCUT2D eigenvalue weighted by Gasteiger charge is -2.24. The fourth-order valence-corrected chi connectivity index (χ4v) is 4.71. The summed E-state index contributed by atoms with van der Waals surface area (Å²) >= 11 is 5.06. The summed E-state index contributed by atoms with van der Waals surface area (Å²) in [5.74, 6) is -0.0484. The number of halogens is 1. The lowest BCUT2D eigenvalue weighted by atomic mass is 10.3. The molecule has 0 saturated heterocycles. The number of aromatic nitrogens is 3. The quantitative estimate of drug-likeness (QED) is 0.490. The summed E-state index contributed by atoms with van der Waals surface area (Å²) in [6.45, 7) is 12.2. The van der Waals surface area contributed by atoms with Crippen LogP contribution in [0.1, 0.15) is 37.0 Å². The van der Waals surface area contributed by atoms with Crippen molar-refractivity contribution in [2.75, 3.05) is 31.1 Å². The Morgan fingerprint density at radius 2 is 1.93 bits per heavy atom. The largest absolute Gasteiger partial charge is 0.302 e. The van der Waals surface area contributed by atoms with Crippen LogP contribution in [0, 0.1) is 6.92 Å². The van der Waals surface area contributed by atoms with Crippen molar-refractivity contribution in [1.82, 2.24) is 19.7 Å². The number of thiazole rings is 1. The van der Waals surface area contributed by atoms with Gasteiger partial charge in [-0.05, 0) is 51.2 Å². The Hall–Kier alpha value is -1.77. The average molecular weight is 464 g/mol. The van der Waals surface area contributed by atoms with Crippen LogP contribution in [-0.4, -0.2) is 51.8 Å². The highest BCUT2D eigenvalue weighted by molar-refractivity contribution is 9.10. The SMILES string of the molecule is CCN(CC)CCN(C(=O)c1cc(C)nn1CC)c1nc2ccc(Br)cc2s1. The van der Waals surface area contributed by atoms with Gasteiger partial charge in [0.1, 0.15) is 5.69 Å². The van der Waals surface area contributed by atoms with Crippen LogP contribution in [0.25, 0.3) is 10.2 Å². The van der Waals surface area contributed by atoms with Gasteiger partial charge in [-0.25, -0.2) is 4.98 Å². The molecule has 2 aromatic heterocycles. The van der Waals surface area contributed by atoms with Gasteiger partial charge in [0.2, 0.25) is 0 Å². The first-order valence-corrected chi connectivity index (χ1v) is 11.2. The van der Waals surface area contributed by atoms with E-state index >= 15 is 0 Å². The highest BCUT2D eigenvalue weighted by Gasteiger charge is 2.25. The van der Waals surface area contributed by atoms with Gasteiger partial charge in [-0.2, -0.15) is 5.10 Å². The second-order valence-corrected chi connectivity index (χ2v) is 8.50. The number of hydrogen-bond acceptors (Lipinski definition) is 5. The molecule has 0 spiro atoms. The maximum atomic E-state index is 13.5. The third-order valence-electron chi connectivity index (χ3n) is 4.77. The van der Waals surface area contributed by atoms with Crippen molar-refractivity contribution in [1.29, 1.82) is 0 Å². The minimum absolute atomic E-state index is 0.0484. The molecule has 0 aliphatic carbocycles. The van der Waals surface area contributed by atoms with Crippen molar-refractivity contribution in [2.24, 2.45) is 0 Å². The summed E-state index contributed by atoms with van der Waals surface area (Å²) in [5, 5.41) is 5.17. The Morgan fingerprint density at radius 3 is 2.61 bits per heavy atom. The van der Waals surface area contributed by atoms with Gasteiger partial charge in [-0.3, -0.25) is 14.4 Å². The van der Waals surface area contributed by atoms with Gasteiger partial charge < -0.3 is 4.90 Å². The number of nitrogens with zero attached hydrogens (tertiary/aromatic N) is 5. The smallest absolute Gasteiger partial charge is 0.278 e. The molecule has 3 rings (SSSR count). The molecular weight excluding hydrogens is 438 g/mol. The number of anilines is 1. The third kappa shape index (κ3) is 4.45. The van der Waals surface area contributed by atoms with Gasteiger partial charge in [0.15, 0.2) is 5.13 Å². The van der Waals surface area contributed by atoms with E-state index in [1.807, 2.05) is 38.1 Å². The van der Waals surface area contributed by atoms with Gasteiger partial charge in [-0.1, -0.05) is 41.1 Å². The van der Waals surface area contributed by atoms with Crippen LogP contribution in [0.5, 0.6) is 0 Å². The zero-order valence-corrected chi connectivity index (χ0v) is 19.2. The summed E-state index contributed by atoms with van der Waals surface area (Å²) < 4.78 is 3.84. The fourth-order valence-electron chi connectivity index (χ4n) is 3.16. The first-order chi connectivity index (χ1) is 13.5. The Bertz CT molecular complexity index is 963. The minimum Gasteiger partial charge on any atom is -0.302 e. The number of carbonyl (C=O) groups excluding carboxylic acids is 1. The topological polar surface area (TPSA) is 54.3 Å². The van der Waals surface area contributed by atoms with Gasteiger partial charge >= 0.3 is 0 Å². The first-order valence-electron chi connectivity index (χ1n) is 9.61. The van der Waals surface area contributed by atoms with Gasteiger partial charge in [0.25, 0.3) is 5.91 Å². The molecule has 150 valence electrons. The van der Waals surface area contributed by atoms with Crippen LogP contribution in [0.15, 0.2) is 28.7 Å². The molecule has 0 unspecified atom stereocenters. The van der Waals surface area contributed by atoms with E-state index in [-0.39, 0.29) is 5.91 Å². The molecule has 1 aromatic carbocycles. The molecule has 0 atom stereocenters. The predicted octanol–water partition coefficient (Wildman–Crippen LogP) is 4.57. The number of benzene rings is 1. The lowest BCUT2D eigenvalue weighted by Crippen LogP contribution is -2.39. The summed E-state index contributed by atoms with van der Waals surface area (Å²) in [6.07, 6.45) is 0. The van der Waals surface area contributed by atoms with E-state index in [0.29, 0.717) is 18.8 Å². The monoisotopic (exact) mass is 463 g/mol. The Labute approximate surface area is 178 Å². The van der Waals surface area contributed by atoms with E-state index in [9.17, 15) is 4.79 Å². The second kappa shape index (κ2) is 9.15. The van der Waals surface area contributed by atoms with Crippen LogP contribution in [0.2, 0.25) is 0 Å². The van der Waals surface area contributed by atoms with Crippen molar-refractivity contribution in [3.05, 3.63) is 40.1 Å². The van der Waals surface area contributed by atoms with Crippen LogP contribution >= 0.6 is 27.3 Å². The molecule has 8 heteroatoms. The number of likely N-dealkylation sites (N-methyl/N-ethyl adjacent to an activating group) is 1. The summed E-state index contributed by atoms with van der Waals surface area (Å²) in [4.78, 5) is 22.3. The van der Waals surface area contributed by atoms with Crippen LogP contribution in [0.4, 0.5) is 5.13 Å². The number of carbonyl (C=O) groups is 1. The number of hydrogen-bond donors (Lipinski definition) is 0. The van der Waals surface area contributed by atoms with Crippen LogP contribution < -0.4 is 4.90 Å². The van der Waals surface area contributed by atoms with Crippen molar-refractivity contribution >= 4 is 48.5 Å². The number of aryl methyl sites for hydroxylation is 2. The molecule has 0 radical (unpaired) electrons. The third-order valence-corrected chi connectivity index (χ3v) is 6.30.